The van der Waals surface area contributed by atoms with Gasteiger partial charge in [-0.3, -0.25) is 9.59 Å². The monoisotopic (exact) mass is 433 g/mol. The zero-order valence-electron chi connectivity index (χ0n) is 16.7. The minimum atomic E-state index is -1.10. The molecule has 2 atom stereocenters. The van der Waals surface area contributed by atoms with Crippen molar-refractivity contribution < 1.29 is 19.1 Å². The molecular formula is C23H19N3O4S. The number of nitriles is 2. The van der Waals surface area contributed by atoms with Crippen LogP contribution < -0.4 is 10.1 Å². The number of allylic oxidation sites excluding steroid dienone is 1. The summed E-state index contributed by atoms with van der Waals surface area (Å²) in [6, 6.07) is 20.3. The predicted molar refractivity (Wildman–Crippen MR) is 114 cm³/mol. The Balaban J connectivity index is 1.81. The molecule has 7 nitrogen and oxygen atoms in total. The van der Waals surface area contributed by atoms with E-state index in [0.717, 1.165) is 17.3 Å². The number of nitrogens with one attached hydrogen (secondary N) is 1. The van der Waals surface area contributed by atoms with Crippen LogP contribution in [0.1, 0.15) is 17.0 Å². The molecule has 1 heterocycles. The molecule has 31 heavy (non-hydrogen) atoms. The number of thioether (sulfide) groups is 1. The fourth-order valence-corrected chi connectivity index (χ4v) is 4.10. The first-order chi connectivity index (χ1) is 15.1. The number of rotatable bonds is 7. The van der Waals surface area contributed by atoms with Gasteiger partial charge < -0.3 is 14.8 Å². The Morgan fingerprint density at radius 1 is 1.13 bits per heavy atom. The molecule has 2 unspecified atom stereocenters. The second-order valence-electron chi connectivity index (χ2n) is 6.61. The van der Waals surface area contributed by atoms with E-state index >= 15 is 0 Å². The SMILES string of the molecule is COc1ccccc1C1C(C#N)=C(SCC(=O)OCc2ccccc2)NC(=O)C1C#N. The van der Waals surface area contributed by atoms with Crippen molar-refractivity contribution in [2.24, 2.45) is 5.92 Å². The van der Waals surface area contributed by atoms with E-state index in [4.69, 9.17) is 9.47 Å². The number of carbonyl (C=O) groups is 2. The highest BCUT2D eigenvalue weighted by Gasteiger charge is 2.40. The Kier molecular flexibility index (Phi) is 7.31. The number of benzene rings is 2. The summed E-state index contributed by atoms with van der Waals surface area (Å²) in [5.41, 5.74) is 1.63. The van der Waals surface area contributed by atoms with Crippen LogP contribution in [-0.4, -0.2) is 24.7 Å². The molecule has 0 saturated heterocycles. The number of amides is 1. The zero-order chi connectivity index (χ0) is 22.2. The van der Waals surface area contributed by atoms with Crippen LogP contribution in [0.25, 0.3) is 0 Å². The van der Waals surface area contributed by atoms with E-state index in [1.807, 2.05) is 36.4 Å². The first-order valence-electron chi connectivity index (χ1n) is 9.39. The van der Waals surface area contributed by atoms with Gasteiger partial charge in [-0.2, -0.15) is 10.5 Å². The van der Waals surface area contributed by atoms with Crippen LogP contribution >= 0.6 is 11.8 Å². The summed E-state index contributed by atoms with van der Waals surface area (Å²) in [6.45, 7) is 0.136. The van der Waals surface area contributed by atoms with Crippen LogP contribution in [0.2, 0.25) is 0 Å². The highest BCUT2D eigenvalue weighted by Crippen LogP contribution is 2.42. The molecule has 1 N–H and O–H groups in total. The van der Waals surface area contributed by atoms with Gasteiger partial charge in [0.2, 0.25) is 5.91 Å². The molecule has 0 radical (unpaired) electrons. The molecule has 8 heteroatoms. The Labute approximate surface area is 184 Å². The maximum Gasteiger partial charge on any atom is 0.316 e. The number of carbonyl (C=O) groups excluding carboxylic acids is 2. The maximum atomic E-state index is 12.6. The number of nitrogens with zero attached hydrogens (tertiary/aromatic N) is 2. The van der Waals surface area contributed by atoms with Gasteiger partial charge in [-0.15, -0.1) is 0 Å². The molecule has 0 fully saturated rings. The van der Waals surface area contributed by atoms with E-state index in [-0.39, 0.29) is 23.0 Å². The largest absolute Gasteiger partial charge is 0.496 e. The van der Waals surface area contributed by atoms with Crippen molar-refractivity contribution in [3.8, 4) is 17.9 Å². The minimum absolute atomic E-state index is 0.0938. The Bertz CT molecular complexity index is 1090. The Morgan fingerprint density at radius 2 is 1.84 bits per heavy atom. The molecule has 0 spiro atoms. The fourth-order valence-electron chi connectivity index (χ4n) is 3.25. The molecule has 0 aliphatic carbocycles. The lowest BCUT2D eigenvalue weighted by Crippen LogP contribution is -2.39. The smallest absolute Gasteiger partial charge is 0.316 e. The number of esters is 1. The molecule has 0 aromatic heterocycles. The van der Waals surface area contributed by atoms with E-state index in [1.54, 1.807) is 24.3 Å². The van der Waals surface area contributed by atoms with Crippen LogP contribution in [0.5, 0.6) is 5.75 Å². The zero-order valence-corrected chi connectivity index (χ0v) is 17.5. The molecule has 1 aliphatic rings. The van der Waals surface area contributed by atoms with E-state index in [9.17, 15) is 20.1 Å². The number of hydrogen-bond donors (Lipinski definition) is 1. The highest BCUT2D eigenvalue weighted by atomic mass is 32.2. The third-order valence-corrected chi connectivity index (χ3v) is 5.71. The summed E-state index contributed by atoms with van der Waals surface area (Å²) in [4.78, 5) is 24.8. The van der Waals surface area contributed by atoms with Crippen molar-refractivity contribution in [2.45, 2.75) is 12.5 Å². The van der Waals surface area contributed by atoms with Crippen LogP contribution in [-0.2, 0) is 20.9 Å². The second kappa shape index (κ2) is 10.3. The molecule has 1 amide bonds. The summed E-state index contributed by atoms with van der Waals surface area (Å²) in [5.74, 6) is -2.53. The fraction of sp³-hybridized carbons (Fsp3) is 0.217. The molecule has 2 aromatic carbocycles. The minimum Gasteiger partial charge on any atom is -0.496 e. The van der Waals surface area contributed by atoms with Crippen LogP contribution in [0.3, 0.4) is 0 Å². The van der Waals surface area contributed by atoms with Crippen LogP contribution in [0.4, 0.5) is 0 Å². The van der Waals surface area contributed by atoms with Gasteiger partial charge in [0.05, 0.1) is 41.5 Å². The molecule has 156 valence electrons. The van der Waals surface area contributed by atoms with Crippen molar-refractivity contribution >= 4 is 23.6 Å². The van der Waals surface area contributed by atoms with Gasteiger partial charge in [-0.25, -0.2) is 0 Å². The predicted octanol–water partition coefficient (Wildman–Crippen LogP) is 3.26. The van der Waals surface area contributed by atoms with Gasteiger partial charge in [0, 0.05) is 5.56 Å². The van der Waals surface area contributed by atoms with Gasteiger partial charge in [0.25, 0.3) is 0 Å². The first-order valence-corrected chi connectivity index (χ1v) is 10.4. The number of methoxy groups -OCH3 is 1. The highest BCUT2D eigenvalue weighted by molar-refractivity contribution is 8.03. The number of para-hydroxylation sites is 1. The van der Waals surface area contributed by atoms with Crippen molar-refractivity contribution in [3.63, 3.8) is 0 Å². The van der Waals surface area contributed by atoms with Crippen LogP contribution in [0.15, 0.2) is 65.2 Å². The van der Waals surface area contributed by atoms with E-state index in [2.05, 4.69) is 11.4 Å². The molecule has 3 rings (SSSR count). The summed E-state index contributed by atoms with van der Waals surface area (Å²) in [6.07, 6.45) is 0. The molecular weight excluding hydrogens is 414 g/mol. The van der Waals surface area contributed by atoms with Gasteiger partial charge >= 0.3 is 5.97 Å². The van der Waals surface area contributed by atoms with Crippen LogP contribution in [0, 0.1) is 28.6 Å². The summed E-state index contributed by atoms with van der Waals surface area (Å²) < 4.78 is 10.6. The molecule has 0 bridgehead atoms. The standard InChI is InChI=1S/C23H19N3O4S/c1-29-19-10-6-5-9-16(19)21-17(11-24)22(28)26-23(18(21)12-25)31-14-20(27)30-13-15-7-3-2-4-8-15/h2-10,17,21H,13-14H2,1H3,(H,26,28). The van der Waals surface area contributed by atoms with Crippen molar-refractivity contribution in [1.29, 1.82) is 10.5 Å². The van der Waals surface area contributed by atoms with Crippen molar-refractivity contribution in [2.75, 3.05) is 12.9 Å². The van der Waals surface area contributed by atoms with Gasteiger partial charge in [-0.05, 0) is 11.6 Å². The summed E-state index contributed by atoms with van der Waals surface area (Å²) >= 11 is 1.00. The summed E-state index contributed by atoms with van der Waals surface area (Å²) in [7, 11) is 1.48. The second-order valence-corrected chi connectivity index (χ2v) is 7.59. The average Bonchev–Trinajstić information content (AvgIpc) is 2.81. The maximum absolute atomic E-state index is 12.6. The van der Waals surface area contributed by atoms with Gasteiger partial charge in [0.1, 0.15) is 18.3 Å². The third kappa shape index (κ3) is 5.06. The first kappa shape index (κ1) is 21.9. The lowest BCUT2D eigenvalue weighted by molar-refractivity contribution is -0.141. The number of ether oxygens (including phenoxy) is 2. The third-order valence-electron chi connectivity index (χ3n) is 4.72. The van der Waals surface area contributed by atoms with E-state index in [1.165, 1.54) is 7.11 Å². The Hall–Kier alpha value is -3.75. The summed E-state index contributed by atoms with van der Waals surface area (Å²) in [5, 5.41) is 22.3. The van der Waals surface area contributed by atoms with E-state index < -0.39 is 23.7 Å². The van der Waals surface area contributed by atoms with E-state index in [0.29, 0.717) is 11.3 Å². The van der Waals surface area contributed by atoms with Gasteiger partial charge in [-0.1, -0.05) is 60.3 Å². The molecule has 1 aliphatic heterocycles. The molecule has 0 saturated carbocycles. The van der Waals surface area contributed by atoms with Gasteiger partial charge in [0.15, 0.2) is 0 Å². The Morgan fingerprint density at radius 3 is 2.52 bits per heavy atom. The quantitative estimate of drug-likeness (QED) is 0.667. The normalized spacial score (nSPS) is 17.8. The average molecular weight is 433 g/mol. The molecule has 2 aromatic rings. The van der Waals surface area contributed by atoms with Crippen molar-refractivity contribution in [1.82, 2.24) is 5.32 Å². The lowest BCUT2D eigenvalue weighted by atomic mass is 9.79. The topological polar surface area (TPSA) is 112 Å². The van der Waals surface area contributed by atoms with Crippen molar-refractivity contribution in [3.05, 3.63) is 76.3 Å². The lowest BCUT2D eigenvalue weighted by Gasteiger charge is -2.29. The number of hydrogen-bond acceptors (Lipinski definition) is 7.